The Labute approximate surface area is 273 Å². The number of aromatic nitrogens is 1. The first-order chi connectivity index (χ1) is 22.6. The van der Waals surface area contributed by atoms with E-state index >= 15 is 4.39 Å². The molecule has 3 amide bonds. The minimum atomic E-state index is -1.35. The molecule has 0 atom stereocenters. The zero-order valence-corrected chi connectivity index (χ0v) is 26.7. The van der Waals surface area contributed by atoms with Crippen LogP contribution in [0.25, 0.3) is 17.0 Å². The van der Waals surface area contributed by atoms with Gasteiger partial charge in [0.25, 0.3) is 11.1 Å². The van der Waals surface area contributed by atoms with Crippen molar-refractivity contribution in [2.45, 2.75) is 31.7 Å². The predicted molar refractivity (Wildman–Crippen MR) is 174 cm³/mol. The van der Waals surface area contributed by atoms with Crippen LogP contribution in [-0.4, -0.2) is 89.4 Å². The molecule has 0 bridgehead atoms. The topological polar surface area (TPSA) is 139 Å². The van der Waals surface area contributed by atoms with Crippen molar-refractivity contribution in [2.24, 2.45) is 0 Å². The van der Waals surface area contributed by atoms with Crippen molar-refractivity contribution in [2.75, 3.05) is 51.8 Å². The average molecular weight is 665 g/mol. The van der Waals surface area contributed by atoms with Gasteiger partial charge in [0, 0.05) is 56.8 Å². The molecule has 1 aromatic heterocycles. The molecular formula is C33H33FN4O8S. The number of carbonyl (C=O) groups excluding carboxylic acids is 3. The monoisotopic (exact) mass is 664 g/mol. The number of imide groups is 1. The number of halogens is 1. The zero-order chi connectivity index (χ0) is 33.4. The second-order valence-corrected chi connectivity index (χ2v) is 12.5. The lowest BCUT2D eigenvalue weighted by Crippen LogP contribution is -2.49. The van der Waals surface area contributed by atoms with Crippen LogP contribution in [0, 0.1) is 5.82 Å². The van der Waals surface area contributed by atoms with Gasteiger partial charge in [-0.15, -0.1) is 0 Å². The molecule has 2 aliphatic heterocycles. The Balaban J connectivity index is 1.05. The van der Waals surface area contributed by atoms with Gasteiger partial charge in [-0.25, -0.2) is 9.18 Å². The molecule has 2 aromatic carbocycles. The van der Waals surface area contributed by atoms with E-state index in [1.54, 1.807) is 39.8 Å². The highest BCUT2D eigenvalue weighted by Crippen LogP contribution is 2.38. The number of carboxylic acids is 1. The van der Waals surface area contributed by atoms with Crippen LogP contribution in [0.15, 0.2) is 46.2 Å². The van der Waals surface area contributed by atoms with Gasteiger partial charge in [-0.1, -0.05) is 6.07 Å². The summed E-state index contributed by atoms with van der Waals surface area (Å²) in [6, 6.07) is 7.96. The summed E-state index contributed by atoms with van der Waals surface area (Å²) in [5.41, 5.74) is 0.361. The van der Waals surface area contributed by atoms with Crippen molar-refractivity contribution < 1.29 is 38.1 Å². The molecule has 0 spiro atoms. The van der Waals surface area contributed by atoms with Crippen LogP contribution in [0.1, 0.15) is 47.6 Å². The number of anilines is 1. The van der Waals surface area contributed by atoms with Gasteiger partial charge in [-0.2, -0.15) is 0 Å². The van der Waals surface area contributed by atoms with Crippen LogP contribution in [0.2, 0.25) is 0 Å². The Bertz CT molecular complexity index is 1880. The van der Waals surface area contributed by atoms with E-state index < -0.39 is 28.4 Å². The normalized spacial score (nSPS) is 17.6. The van der Waals surface area contributed by atoms with E-state index in [0.717, 1.165) is 35.6 Å². The molecule has 3 aromatic rings. The highest BCUT2D eigenvalue weighted by Gasteiger charge is 2.35. The number of nitrogens with zero attached hydrogens (tertiary/aromatic N) is 4. The fourth-order valence-electron chi connectivity index (χ4n) is 5.94. The number of aromatic carboxylic acids is 1. The smallest absolute Gasteiger partial charge is 0.341 e. The number of pyridine rings is 1. The molecule has 0 unspecified atom stereocenters. The molecule has 1 aliphatic carbocycles. The van der Waals surface area contributed by atoms with Crippen LogP contribution < -0.4 is 19.8 Å². The van der Waals surface area contributed by atoms with E-state index in [2.05, 4.69) is 0 Å². The Hall–Kier alpha value is -4.85. The second kappa shape index (κ2) is 13.1. The number of thioether (sulfide) groups is 1. The van der Waals surface area contributed by atoms with E-state index in [1.165, 1.54) is 20.4 Å². The summed E-state index contributed by atoms with van der Waals surface area (Å²) in [6.45, 7) is 1.52. The summed E-state index contributed by atoms with van der Waals surface area (Å²) < 4.78 is 27.6. The Kier molecular flexibility index (Phi) is 8.95. The summed E-state index contributed by atoms with van der Waals surface area (Å²) in [5, 5.41) is 9.12. The molecule has 1 N–H and O–H groups in total. The van der Waals surface area contributed by atoms with Gasteiger partial charge in [0.05, 0.1) is 30.3 Å². The minimum absolute atomic E-state index is 0.0313. The maximum absolute atomic E-state index is 15.3. The molecule has 47 heavy (non-hydrogen) atoms. The third-order valence-corrected chi connectivity index (χ3v) is 9.50. The number of hydrogen-bond acceptors (Lipinski definition) is 9. The number of fused-ring (bicyclic) bond motifs is 1. The number of carbonyl (C=O) groups is 4. The Morgan fingerprint density at radius 1 is 1.02 bits per heavy atom. The third kappa shape index (κ3) is 6.42. The number of ether oxygens (including phenoxy) is 2. The molecule has 14 heteroatoms. The lowest BCUT2D eigenvalue weighted by atomic mass is 10.1. The van der Waals surface area contributed by atoms with Crippen molar-refractivity contribution in [3.8, 4) is 11.5 Å². The van der Waals surface area contributed by atoms with Crippen molar-refractivity contribution >= 4 is 57.5 Å². The van der Waals surface area contributed by atoms with Gasteiger partial charge >= 0.3 is 5.97 Å². The van der Waals surface area contributed by atoms with Crippen LogP contribution in [0.4, 0.5) is 14.9 Å². The first kappa shape index (κ1) is 32.1. The van der Waals surface area contributed by atoms with Gasteiger partial charge in [-0.05, 0) is 66.9 Å². The fourth-order valence-corrected chi connectivity index (χ4v) is 6.80. The first-order valence-electron chi connectivity index (χ1n) is 15.2. The Morgan fingerprint density at radius 2 is 1.74 bits per heavy atom. The number of rotatable bonds is 10. The largest absolute Gasteiger partial charge is 0.493 e. The van der Waals surface area contributed by atoms with Gasteiger partial charge in [0.1, 0.15) is 11.4 Å². The maximum atomic E-state index is 15.3. The third-order valence-electron chi connectivity index (χ3n) is 8.60. The van der Waals surface area contributed by atoms with Crippen LogP contribution in [0.3, 0.4) is 0 Å². The number of methoxy groups -OCH3 is 2. The molecule has 246 valence electrons. The summed E-state index contributed by atoms with van der Waals surface area (Å²) in [4.78, 5) is 67.9. The number of carboxylic acid groups (broad SMARTS) is 1. The average Bonchev–Trinajstić information content (AvgIpc) is 3.87. The second-order valence-electron chi connectivity index (χ2n) is 11.6. The molecule has 6 rings (SSSR count). The molecule has 3 aliphatic rings. The van der Waals surface area contributed by atoms with Gasteiger partial charge < -0.3 is 28.9 Å². The highest BCUT2D eigenvalue weighted by atomic mass is 32.2. The van der Waals surface area contributed by atoms with E-state index in [0.29, 0.717) is 60.9 Å². The zero-order valence-electron chi connectivity index (χ0n) is 25.9. The van der Waals surface area contributed by atoms with E-state index in [-0.39, 0.29) is 40.8 Å². The van der Waals surface area contributed by atoms with Gasteiger partial charge in [0.2, 0.25) is 11.3 Å². The van der Waals surface area contributed by atoms with Crippen LogP contribution >= 0.6 is 11.8 Å². The summed E-state index contributed by atoms with van der Waals surface area (Å²) in [5.74, 6) is -1.47. The summed E-state index contributed by atoms with van der Waals surface area (Å²) in [7, 11) is 3.04. The minimum Gasteiger partial charge on any atom is -0.493 e. The highest BCUT2D eigenvalue weighted by molar-refractivity contribution is 8.18. The maximum Gasteiger partial charge on any atom is 0.341 e. The molecule has 3 heterocycles. The molecule has 0 radical (unpaired) electrons. The molecule has 12 nitrogen and oxygen atoms in total. The fraction of sp³-hybridized carbons (Fsp3) is 0.364. The van der Waals surface area contributed by atoms with Crippen molar-refractivity contribution in [1.82, 2.24) is 14.4 Å². The van der Waals surface area contributed by atoms with E-state index in [9.17, 15) is 29.1 Å². The van der Waals surface area contributed by atoms with Gasteiger partial charge in [0.15, 0.2) is 11.5 Å². The van der Waals surface area contributed by atoms with Crippen LogP contribution in [-0.2, 0) is 9.59 Å². The van der Waals surface area contributed by atoms with Crippen molar-refractivity contribution in [3.05, 3.63) is 68.6 Å². The van der Waals surface area contributed by atoms with Crippen molar-refractivity contribution in [3.63, 3.8) is 0 Å². The standard InChI is InChI=1S/C33H33FN4O8S/c1-45-26-8-5-19(14-27(26)46-2)15-28-31(41)37(33(44)47-28)9-3-4-29(39)36-12-10-35(11-13-36)25-17-24-21(16-23(25)34)30(40)22(32(42)43)18-38(24)20-6-7-20/h5,8,14-18,20H,3-4,6-7,9-13H2,1-2H3,(H,42,43)/b28-15+. The predicted octanol–water partition coefficient (Wildman–Crippen LogP) is 4.36. The lowest BCUT2D eigenvalue weighted by Gasteiger charge is -2.36. The SMILES string of the molecule is COc1ccc(/C=C2/SC(=O)N(CCCC(=O)N3CCN(c4cc5c(cc4F)c(=O)c(C(=O)O)cn5C4CC4)CC3)C2=O)cc1OC. The molecule has 3 fully saturated rings. The number of benzene rings is 2. The molecule has 2 saturated heterocycles. The number of piperazine rings is 1. The Morgan fingerprint density at radius 3 is 2.40 bits per heavy atom. The van der Waals surface area contributed by atoms with Gasteiger partial charge in [-0.3, -0.25) is 24.1 Å². The van der Waals surface area contributed by atoms with E-state index in [4.69, 9.17) is 9.47 Å². The van der Waals surface area contributed by atoms with Crippen molar-refractivity contribution in [1.29, 1.82) is 0 Å². The van der Waals surface area contributed by atoms with Crippen LogP contribution in [0.5, 0.6) is 11.5 Å². The summed E-state index contributed by atoms with van der Waals surface area (Å²) >= 11 is 0.845. The lowest BCUT2D eigenvalue weighted by molar-refractivity contribution is -0.132. The number of amides is 3. The van der Waals surface area contributed by atoms with E-state index in [1.807, 2.05) is 4.90 Å². The molecular weight excluding hydrogens is 631 g/mol. The number of hydrogen-bond donors (Lipinski definition) is 1. The molecule has 1 saturated carbocycles. The first-order valence-corrected chi connectivity index (χ1v) is 16.0. The summed E-state index contributed by atoms with van der Waals surface area (Å²) in [6.07, 6.45) is 5.10. The quantitative estimate of drug-likeness (QED) is 0.311.